The molecule has 3 N–H and O–H groups in total. The van der Waals surface area contributed by atoms with E-state index < -0.39 is 15.6 Å². The Hall–Kier alpha value is -1.84. The third-order valence-electron chi connectivity index (χ3n) is 4.58. The minimum absolute atomic E-state index is 0.0177. The van der Waals surface area contributed by atoms with Crippen molar-refractivity contribution in [1.29, 1.82) is 0 Å². The second-order valence-corrected chi connectivity index (χ2v) is 12.5. The van der Waals surface area contributed by atoms with Crippen LogP contribution in [0.2, 0.25) is 0 Å². The lowest BCUT2D eigenvalue weighted by Gasteiger charge is -2.20. The first-order chi connectivity index (χ1) is 15.5. The second kappa shape index (κ2) is 9.43. The smallest absolute Gasteiger partial charge is 0.212 e. The number of nitrogen functional groups attached to an aromatic ring is 1. The first-order valence-electron chi connectivity index (χ1n) is 10.3. The zero-order valence-electron chi connectivity index (χ0n) is 18.5. The highest BCUT2D eigenvalue weighted by atomic mass is 127. The number of aromatic nitrogens is 4. The Kier molecular flexibility index (Phi) is 6.94. The van der Waals surface area contributed by atoms with Crippen LogP contribution >= 0.6 is 34.4 Å². The number of sulfonamides is 1. The van der Waals surface area contributed by atoms with Gasteiger partial charge >= 0.3 is 0 Å². The van der Waals surface area contributed by atoms with Gasteiger partial charge in [-0.2, -0.15) is 0 Å². The fourth-order valence-corrected chi connectivity index (χ4v) is 6.62. The van der Waals surface area contributed by atoms with Gasteiger partial charge in [-0.1, -0.05) is 11.8 Å². The summed E-state index contributed by atoms with van der Waals surface area (Å²) < 4.78 is 41.8. The highest BCUT2D eigenvalue weighted by Crippen LogP contribution is 2.40. The number of benzene rings is 1. The van der Waals surface area contributed by atoms with Crippen LogP contribution in [0.4, 0.5) is 5.82 Å². The first-order valence-corrected chi connectivity index (χ1v) is 13.8. The number of hydrogen-bond donors (Lipinski definition) is 2. The lowest BCUT2D eigenvalue weighted by Crippen LogP contribution is -2.41. The van der Waals surface area contributed by atoms with E-state index in [1.165, 1.54) is 18.1 Å². The Balaban J connectivity index is 1.62. The number of anilines is 1. The van der Waals surface area contributed by atoms with E-state index in [-0.39, 0.29) is 11.6 Å². The predicted molar refractivity (Wildman–Crippen MR) is 135 cm³/mol. The van der Waals surface area contributed by atoms with Crippen molar-refractivity contribution >= 4 is 61.4 Å². The SMILES string of the molecule is CC(C)(C)NS(=O)(=O)CCCn1c(Sc2cc3c(cc2I)OCCO3)nc2c(N)ncnc21. The third-order valence-corrected chi connectivity index (χ3v) is 8.64. The van der Waals surface area contributed by atoms with Crippen molar-refractivity contribution in [1.82, 2.24) is 24.2 Å². The minimum Gasteiger partial charge on any atom is -0.486 e. The van der Waals surface area contributed by atoms with Gasteiger partial charge in [0.2, 0.25) is 10.0 Å². The molecule has 3 heterocycles. The van der Waals surface area contributed by atoms with Crippen LogP contribution in [0.1, 0.15) is 27.2 Å². The summed E-state index contributed by atoms with van der Waals surface area (Å²) in [7, 11) is -3.42. The number of hydrogen-bond acceptors (Lipinski definition) is 9. The van der Waals surface area contributed by atoms with E-state index in [0.29, 0.717) is 48.2 Å². The highest BCUT2D eigenvalue weighted by Gasteiger charge is 2.22. The van der Waals surface area contributed by atoms with Crippen molar-refractivity contribution in [3.63, 3.8) is 0 Å². The quantitative estimate of drug-likeness (QED) is 0.391. The van der Waals surface area contributed by atoms with E-state index in [9.17, 15) is 8.42 Å². The molecule has 0 bridgehead atoms. The van der Waals surface area contributed by atoms with Gasteiger partial charge in [0.1, 0.15) is 19.5 Å². The molecule has 0 atom stereocenters. The predicted octanol–water partition coefficient (Wildman–Crippen LogP) is 3.04. The van der Waals surface area contributed by atoms with Gasteiger partial charge in [0.05, 0.1) is 5.75 Å². The van der Waals surface area contributed by atoms with Crippen molar-refractivity contribution in [2.75, 3.05) is 24.7 Å². The molecule has 0 radical (unpaired) electrons. The Labute approximate surface area is 210 Å². The van der Waals surface area contributed by atoms with Crippen LogP contribution < -0.4 is 19.9 Å². The molecule has 0 unspecified atom stereocenters. The van der Waals surface area contributed by atoms with Crippen molar-refractivity contribution in [2.45, 2.75) is 49.3 Å². The van der Waals surface area contributed by atoms with Gasteiger partial charge in [0.25, 0.3) is 0 Å². The first kappa shape index (κ1) is 24.3. The Morgan fingerprint density at radius 1 is 1.21 bits per heavy atom. The summed E-state index contributed by atoms with van der Waals surface area (Å²) in [5.41, 5.74) is 6.57. The number of halogens is 1. The van der Waals surface area contributed by atoms with E-state index >= 15 is 0 Å². The summed E-state index contributed by atoms with van der Waals surface area (Å²) in [4.78, 5) is 14.0. The summed E-state index contributed by atoms with van der Waals surface area (Å²) in [5, 5.41) is 0.646. The maximum atomic E-state index is 12.4. The average Bonchev–Trinajstić information content (AvgIpc) is 3.05. The fourth-order valence-electron chi connectivity index (χ4n) is 3.37. The molecule has 0 fully saturated rings. The Morgan fingerprint density at radius 2 is 1.91 bits per heavy atom. The number of fused-ring (bicyclic) bond motifs is 2. The van der Waals surface area contributed by atoms with Crippen LogP contribution in [0.5, 0.6) is 11.5 Å². The van der Waals surface area contributed by atoms with Crippen LogP contribution in [0.3, 0.4) is 0 Å². The number of imidazole rings is 1. The maximum Gasteiger partial charge on any atom is 0.212 e. The number of nitrogens with one attached hydrogen (secondary N) is 1. The van der Waals surface area contributed by atoms with Gasteiger partial charge in [-0.15, -0.1) is 0 Å². The van der Waals surface area contributed by atoms with Gasteiger partial charge in [-0.05, 0) is 61.9 Å². The molecule has 1 aliphatic rings. The Bertz CT molecular complexity index is 1290. The van der Waals surface area contributed by atoms with E-state index in [1.54, 1.807) is 0 Å². The third kappa shape index (κ3) is 5.81. The molecule has 0 spiro atoms. The van der Waals surface area contributed by atoms with Gasteiger partial charge < -0.3 is 19.8 Å². The van der Waals surface area contributed by atoms with Crippen LogP contribution in [0, 0.1) is 3.57 Å². The van der Waals surface area contributed by atoms with Gasteiger partial charge in [-0.25, -0.2) is 28.1 Å². The largest absolute Gasteiger partial charge is 0.486 e. The average molecular weight is 604 g/mol. The number of ether oxygens (including phenoxy) is 2. The van der Waals surface area contributed by atoms with Crippen molar-refractivity contribution in [3.05, 3.63) is 22.0 Å². The van der Waals surface area contributed by atoms with E-state index in [1.807, 2.05) is 37.5 Å². The van der Waals surface area contributed by atoms with E-state index in [4.69, 9.17) is 15.2 Å². The molecule has 0 saturated carbocycles. The molecule has 13 heteroatoms. The minimum atomic E-state index is -3.42. The van der Waals surface area contributed by atoms with Crippen LogP contribution in [-0.4, -0.2) is 52.4 Å². The summed E-state index contributed by atoms with van der Waals surface area (Å²) in [6.45, 7) is 6.88. The van der Waals surface area contributed by atoms with Gasteiger partial charge in [0, 0.05) is 20.5 Å². The van der Waals surface area contributed by atoms with Crippen molar-refractivity contribution in [2.24, 2.45) is 0 Å². The normalized spacial score (nSPS) is 14.1. The zero-order chi connectivity index (χ0) is 23.8. The molecular formula is C20H25IN6O4S2. The molecule has 1 aromatic carbocycles. The Morgan fingerprint density at radius 3 is 2.61 bits per heavy atom. The van der Waals surface area contributed by atoms with Crippen molar-refractivity contribution in [3.8, 4) is 11.5 Å². The van der Waals surface area contributed by atoms with Gasteiger partial charge in [0.15, 0.2) is 33.6 Å². The summed E-state index contributed by atoms with van der Waals surface area (Å²) in [5.74, 6) is 1.66. The van der Waals surface area contributed by atoms with E-state index in [2.05, 4.69) is 42.3 Å². The monoisotopic (exact) mass is 604 g/mol. The summed E-state index contributed by atoms with van der Waals surface area (Å²) >= 11 is 3.68. The summed E-state index contributed by atoms with van der Waals surface area (Å²) in [6.07, 6.45) is 1.77. The van der Waals surface area contributed by atoms with Crippen LogP contribution in [-0.2, 0) is 16.6 Å². The molecule has 4 rings (SSSR count). The standard InChI is InChI=1S/C20H25IN6O4S2/c1-20(2,3)26-33(28,29)8-4-5-27-18-16(17(22)23-11-24-18)25-19(27)32-15-10-14-13(9-12(15)21)30-6-7-31-14/h9-11,26H,4-8H2,1-3H3,(H2,22,23,24). The fraction of sp³-hybridized carbons (Fsp3) is 0.450. The zero-order valence-corrected chi connectivity index (χ0v) is 22.3. The highest BCUT2D eigenvalue weighted by molar-refractivity contribution is 14.1. The van der Waals surface area contributed by atoms with Gasteiger partial charge in [-0.3, -0.25) is 0 Å². The number of nitrogens with zero attached hydrogens (tertiary/aromatic N) is 4. The second-order valence-electron chi connectivity index (χ2n) is 8.53. The van der Waals surface area contributed by atoms with E-state index in [0.717, 1.165) is 14.2 Å². The number of nitrogens with two attached hydrogens (primary N) is 1. The lowest BCUT2D eigenvalue weighted by molar-refractivity contribution is 0.171. The molecule has 0 saturated heterocycles. The topological polar surface area (TPSA) is 134 Å². The molecule has 0 amide bonds. The molecule has 2 aromatic heterocycles. The number of aryl methyl sites for hydroxylation is 1. The lowest BCUT2D eigenvalue weighted by atomic mass is 10.1. The molecule has 33 heavy (non-hydrogen) atoms. The van der Waals surface area contributed by atoms with Crippen LogP contribution in [0.15, 0.2) is 28.5 Å². The summed E-state index contributed by atoms with van der Waals surface area (Å²) in [6, 6.07) is 3.86. The van der Waals surface area contributed by atoms with Crippen molar-refractivity contribution < 1.29 is 17.9 Å². The molecular weight excluding hydrogens is 579 g/mol. The molecule has 1 aliphatic heterocycles. The van der Waals surface area contributed by atoms with Crippen LogP contribution in [0.25, 0.3) is 11.2 Å². The maximum absolute atomic E-state index is 12.4. The molecule has 3 aromatic rings. The number of rotatable bonds is 7. The molecule has 178 valence electrons. The molecule has 0 aliphatic carbocycles. The molecule has 10 nitrogen and oxygen atoms in total.